The normalized spacial score (nSPS) is 12.2. The van der Waals surface area contributed by atoms with Crippen molar-refractivity contribution in [3.63, 3.8) is 0 Å². The van der Waals surface area contributed by atoms with Gasteiger partial charge in [-0.15, -0.1) is 10.0 Å². The van der Waals surface area contributed by atoms with Crippen molar-refractivity contribution in [2.75, 3.05) is 0 Å². The van der Waals surface area contributed by atoms with E-state index in [1.807, 2.05) is 24.3 Å². The number of hydrogen-bond acceptors (Lipinski definition) is 3. The maximum Gasteiger partial charge on any atom is 0.160 e. The molecule has 288 valence electrons. The Hall–Kier alpha value is -7.73. The highest BCUT2D eigenvalue weighted by Gasteiger charge is 2.34. The Bertz CT molecular complexity index is 3470. The van der Waals surface area contributed by atoms with Gasteiger partial charge in [-0.3, -0.25) is 0 Å². The molecule has 61 heavy (non-hydrogen) atoms. The van der Waals surface area contributed by atoms with E-state index in [-0.39, 0.29) is 0 Å². The molecule has 5 heteroatoms. The molecule has 0 aliphatic rings. The predicted molar refractivity (Wildman–Crippen MR) is 252 cm³/mol. The highest BCUT2D eigenvalue weighted by molar-refractivity contribution is 8.34. The summed E-state index contributed by atoms with van der Waals surface area (Å²) in [5.41, 5.74) is 8.94. The van der Waals surface area contributed by atoms with Gasteiger partial charge in [-0.05, 0) is 103 Å². The van der Waals surface area contributed by atoms with Crippen LogP contribution >= 0.6 is 10.0 Å². The summed E-state index contributed by atoms with van der Waals surface area (Å²) in [5.74, 6) is 0.699. The van der Waals surface area contributed by atoms with E-state index in [0.29, 0.717) is 5.82 Å². The molecule has 12 aromatic rings. The highest BCUT2D eigenvalue weighted by Crippen LogP contribution is 2.73. The van der Waals surface area contributed by atoms with Gasteiger partial charge in [0.25, 0.3) is 0 Å². The minimum Gasteiger partial charge on any atom is -0.456 e. The molecular weight excluding hydrogens is 763 g/mol. The largest absolute Gasteiger partial charge is 0.456 e. The fourth-order valence-electron chi connectivity index (χ4n) is 9.16. The molecule has 0 bridgehead atoms. The molecule has 0 amide bonds. The number of benzene rings is 9. The fourth-order valence-corrected chi connectivity index (χ4v) is 13.1. The second-order valence-corrected chi connectivity index (χ2v) is 18.5. The summed E-state index contributed by atoms with van der Waals surface area (Å²) < 4.78 is 8.95. The first-order chi connectivity index (χ1) is 30.2. The SMILES string of the molecule is c1ccc(-c2nc(-c3ccc(-n4c5ccc(S(c6ccccc6)(c6ccccc6)c6ccccc6)cc5c5cc6oc7ccccc7c6cc54)cc3)nc3ccccc23)cc1. The zero-order valence-electron chi connectivity index (χ0n) is 33.0. The zero-order valence-corrected chi connectivity index (χ0v) is 33.8. The highest BCUT2D eigenvalue weighted by atomic mass is 32.3. The monoisotopic (exact) mass is 799 g/mol. The van der Waals surface area contributed by atoms with E-state index in [4.69, 9.17) is 14.4 Å². The molecule has 0 fully saturated rings. The third-order valence-electron chi connectivity index (χ3n) is 11.9. The van der Waals surface area contributed by atoms with Gasteiger partial charge >= 0.3 is 0 Å². The molecule has 0 aliphatic heterocycles. The van der Waals surface area contributed by atoms with Crippen LogP contribution in [-0.2, 0) is 0 Å². The van der Waals surface area contributed by atoms with Crippen molar-refractivity contribution in [1.82, 2.24) is 14.5 Å². The molecule has 0 radical (unpaired) electrons. The molecule has 12 rings (SSSR count). The molecule has 0 saturated carbocycles. The van der Waals surface area contributed by atoms with Gasteiger partial charge in [-0.2, -0.15) is 0 Å². The lowest BCUT2D eigenvalue weighted by molar-refractivity contribution is 0.669. The third kappa shape index (κ3) is 5.62. The summed E-state index contributed by atoms with van der Waals surface area (Å²) in [4.78, 5) is 15.4. The molecule has 0 aliphatic carbocycles. The third-order valence-corrected chi connectivity index (χ3v) is 15.8. The first kappa shape index (κ1) is 35.2. The lowest BCUT2D eigenvalue weighted by atomic mass is 10.1. The lowest BCUT2D eigenvalue weighted by Gasteiger charge is -2.42. The summed E-state index contributed by atoms with van der Waals surface area (Å²) in [5, 5.41) is 5.55. The number of hydrogen-bond donors (Lipinski definition) is 0. The minimum atomic E-state index is -1.91. The van der Waals surface area contributed by atoms with E-state index in [1.165, 1.54) is 25.0 Å². The van der Waals surface area contributed by atoms with Crippen LogP contribution in [0.25, 0.3) is 83.0 Å². The van der Waals surface area contributed by atoms with Gasteiger partial charge in [0, 0.05) is 63.3 Å². The molecule has 0 spiro atoms. The van der Waals surface area contributed by atoms with Crippen LogP contribution in [0.5, 0.6) is 0 Å². The van der Waals surface area contributed by atoms with Crippen molar-refractivity contribution in [2.24, 2.45) is 0 Å². The topological polar surface area (TPSA) is 43.9 Å². The van der Waals surface area contributed by atoms with Crippen molar-refractivity contribution in [3.8, 4) is 28.3 Å². The van der Waals surface area contributed by atoms with Crippen LogP contribution < -0.4 is 0 Å². The summed E-state index contributed by atoms with van der Waals surface area (Å²) >= 11 is 0. The fraction of sp³-hybridized carbons (Fsp3) is 0. The van der Waals surface area contributed by atoms with Crippen molar-refractivity contribution in [3.05, 3.63) is 224 Å². The average molecular weight is 800 g/mol. The number of nitrogens with zero attached hydrogens (tertiary/aromatic N) is 3. The van der Waals surface area contributed by atoms with Crippen LogP contribution in [0.4, 0.5) is 0 Å². The first-order valence-corrected chi connectivity index (χ1v) is 22.2. The van der Waals surface area contributed by atoms with E-state index >= 15 is 0 Å². The molecule has 9 aromatic carbocycles. The van der Waals surface area contributed by atoms with Gasteiger partial charge in [0.15, 0.2) is 5.82 Å². The Morgan fingerprint density at radius 2 is 0.934 bits per heavy atom. The van der Waals surface area contributed by atoms with E-state index in [2.05, 4.69) is 205 Å². The molecule has 0 atom stereocenters. The van der Waals surface area contributed by atoms with Gasteiger partial charge in [-0.25, -0.2) is 9.97 Å². The standard InChI is InChI=1S/C56H37N3OS/c1-5-17-38(18-6-1)55-46-26-13-15-27-50(46)57-56(58-55)39-29-31-40(32-30-39)59-51-34-33-44(35-47(51)48-37-54-49(36-52(48)59)45-25-14-16-28-53(45)60-54)61(41-19-7-2-8-20-41,42-21-9-3-10-22-42)43-23-11-4-12-24-43/h1-37H. The second kappa shape index (κ2) is 14.2. The van der Waals surface area contributed by atoms with Crippen molar-refractivity contribution < 1.29 is 4.42 Å². The molecule has 4 nitrogen and oxygen atoms in total. The molecule has 3 aromatic heterocycles. The molecule has 0 unspecified atom stereocenters. The van der Waals surface area contributed by atoms with Crippen molar-refractivity contribution >= 4 is 64.7 Å². The maximum atomic E-state index is 6.55. The van der Waals surface area contributed by atoms with Crippen LogP contribution in [0.3, 0.4) is 0 Å². The van der Waals surface area contributed by atoms with Crippen molar-refractivity contribution in [1.29, 1.82) is 0 Å². The summed E-state index contributed by atoms with van der Waals surface area (Å²) in [6.07, 6.45) is 0. The van der Waals surface area contributed by atoms with Gasteiger partial charge in [0.1, 0.15) is 11.2 Å². The van der Waals surface area contributed by atoms with Crippen LogP contribution in [0.1, 0.15) is 0 Å². The quantitative estimate of drug-likeness (QED) is 0.161. The Morgan fingerprint density at radius 3 is 1.61 bits per heavy atom. The van der Waals surface area contributed by atoms with E-state index < -0.39 is 10.0 Å². The number of fused-ring (bicyclic) bond motifs is 7. The number of aromatic nitrogens is 3. The summed E-state index contributed by atoms with van der Waals surface area (Å²) in [7, 11) is -1.91. The Balaban J connectivity index is 1.10. The Morgan fingerprint density at radius 1 is 0.361 bits per heavy atom. The summed E-state index contributed by atoms with van der Waals surface area (Å²) in [6, 6.07) is 80.5. The number of rotatable bonds is 7. The van der Waals surface area contributed by atoms with Crippen LogP contribution in [-0.4, -0.2) is 14.5 Å². The van der Waals surface area contributed by atoms with E-state index in [9.17, 15) is 0 Å². The van der Waals surface area contributed by atoms with Crippen molar-refractivity contribution in [2.45, 2.75) is 19.6 Å². The number of para-hydroxylation sites is 2. The minimum absolute atomic E-state index is 0.699. The van der Waals surface area contributed by atoms with Gasteiger partial charge < -0.3 is 8.98 Å². The van der Waals surface area contributed by atoms with E-state index in [0.717, 1.165) is 71.8 Å². The van der Waals surface area contributed by atoms with Gasteiger partial charge in [0.05, 0.1) is 22.2 Å². The maximum absolute atomic E-state index is 6.55. The summed E-state index contributed by atoms with van der Waals surface area (Å²) in [6.45, 7) is 0. The van der Waals surface area contributed by atoms with Crippen LogP contribution in [0.2, 0.25) is 0 Å². The second-order valence-electron chi connectivity index (χ2n) is 15.4. The predicted octanol–water partition coefficient (Wildman–Crippen LogP) is 15.3. The molecular formula is C56H37N3OS. The average Bonchev–Trinajstić information content (AvgIpc) is 3.86. The van der Waals surface area contributed by atoms with Crippen LogP contribution in [0.15, 0.2) is 248 Å². The zero-order chi connectivity index (χ0) is 40.3. The number of furan rings is 1. The molecule has 0 N–H and O–H groups in total. The van der Waals surface area contributed by atoms with Crippen LogP contribution in [0, 0.1) is 0 Å². The Labute approximate surface area is 354 Å². The molecule has 0 saturated heterocycles. The molecule has 3 heterocycles. The smallest absolute Gasteiger partial charge is 0.160 e. The van der Waals surface area contributed by atoms with Gasteiger partial charge in [-0.1, -0.05) is 121 Å². The first-order valence-electron chi connectivity index (χ1n) is 20.6. The Kier molecular flexibility index (Phi) is 8.22. The van der Waals surface area contributed by atoms with E-state index in [1.54, 1.807) is 0 Å². The lowest BCUT2D eigenvalue weighted by Crippen LogP contribution is -2.05. The van der Waals surface area contributed by atoms with Gasteiger partial charge in [0.2, 0.25) is 0 Å².